The van der Waals surface area contributed by atoms with E-state index < -0.39 is 0 Å². The van der Waals surface area contributed by atoms with Gasteiger partial charge in [0.25, 0.3) is 5.89 Å². The molecule has 100 valence electrons. The molecule has 1 aromatic carbocycles. The Balaban J connectivity index is 1.68. The van der Waals surface area contributed by atoms with Gasteiger partial charge >= 0.3 is 0 Å². The van der Waals surface area contributed by atoms with E-state index in [-0.39, 0.29) is 6.61 Å². The summed E-state index contributed by atoms with van der Waals surface area (Å²) < 4.78 is 15.5. The minimum atomic E-state index is 0.132. The van der Waals surface area contributed by atoms with Gasteiger partial charge in [0.2, 0.25) is 5.82 Å². The number of carbonyl (C=O) groups excluding carboxylic acids is 1. The van der Waals surface area contributed by atoms with Crippen LogP contribution in [0, 0.1) is 0 Å². The summed E-state index contributed by atoms with van der Waals surface area (Å²) in [6.45, 7) is 0.132. The summed E-state index contributed by atoms with van der Waals surface area (Å²) in [6.07, 6.45) is 3.83. The van der Waals surface area contributed by atoms with Crippen molar-refractivity contribution in [3.63, 3.8) is 0 Å². The Kier molecular flexibility index (Phi) is 3.28. The molecule has 3 rings (SSSR count). The molecule has 0 spiro atoms. The molecule has 3 aromatic rings. The molecule has 0 saturated carbocycles. The summed E-state index contributed by atoms with van der Waals surface area (Å²) in [7, 11) is 0. The number of benzene rings is 1. The molecule has 0 aliphatic rings. The SMILES string of the molecule is O=Cc1cccc(OCc2nc(-c3ccoc3)no2)c1. The maximum Gasteiger partial charge on any atom is 0.264 e. The number of hydrogen-bond acceptors (Lipinski definition) is 6. The second-order valence-electron chi connectivity index (χ2n) is 4.00. The van der Waals surface area contributed by atoms with Gasteiger partial charge in [-0.25, -0.2) is 0 Å². The lowest BCUT2D eigenvalue weighted by Gasteiger charge is -2.02. The van der Waals surface area contributed by atoms with E-state index in [9.17, 15) is 4.79 Å². The predicted octanol–water partition coefficient (Wildman–Crippen LogP) is 2.72. The lowest BCUT2D eigenvalue weighted by atomic mass is 10.2. The van der Waals surface area contributed by atoms with Gasteiger partial charge in [-0.05, 0) is 18.2 Å². The minimum absolute atomic E-state index is 0.132. The van der Waals surface area contributed by atoms with E-state index in [0.29, 0.717) is 23.0 Å². The van der Waals surface area contributed by atoms with Crippen LogP contribution in [0.5, 0.6) is 5.75 Å². The molecule has 0 N–H and O–H groups in total. The van der Waals surface area contributed by atoms with E-state index in [4.69, 9.17) is 13.7 Å². The molecule has 0 aliphatic carbocycles. The maximum absolute atomic E-state index is 10.7. The van der Waals surface area contributed by atoms with E-state index in [1.165, 1.54) is 12.5 Å². The standard InChI is InChI=1S/C14H10N2O4/c17-7-10-2-1-3-12(6-10)19-9-13-15-14(16-20-13)11-4-5-18-8-11/h1-8H,9H2. The molecule has 2 aromatic heterocycles. The van der Waals surface area contributed by atoms with Gasteiger partial charge < -0.3 is 13.7 Å². The van der Waals surface area contributed by atoms with Gasteiger partial charge in [-0.15, -0.1) is 0 Å². The molecule has 0 atom stereocenters. The molecular formula is C14H10N2O4. The van der Waals surface area contributed by atoms with Gasteiger partial charge in [-0.1, -0.05) is 17.3 Å². The van der Waals surface area contributed by atoms with E-state index in [1.54, 1.807) is 30.3 Å². The maximum atomic E-state index is 10.7. The first kappa shape index (κ1) is 12.2. The zero-order valence-corrected chi connectivity index (χ0v) is 10.4. The van der Waals surface area contributed by atoms with E-state index in [1.807, 2.05) is 0 Å². The van der Waals surface area contributed by atoms with Gasteiger partial charge in [0.05, 0.1) is 11.8 Å². The fourth-order valence-corrected chi connectivity index (χ4v) is 1.65. The fraction of sp³-hybridized carbons (Fsp3) is 0.0714. The molecule has 0 amide bonds. The number of nitrogens with zero attached hydrogens (tertiary/aromatic N) is 2. The average Bonchev–Trinajstić information content (AvgIpc) is 3.16. The van der Waals surface area contributed by atoms with E-state index in [0.717, 1.165) is 11.8 Å². The summed E-state index contributed by atoms with van der Waals surface area (Å²) in [4.78, 5) is 14.8. The number of aromatic nitrogens is 2. The first-order valence-electron chi connectivity index (χ1n) is 5.88. The van der Waals surface area contributed by atoms with Gasteiger partial charge in [0.1, 0.15) is 18.3 Å². The van der Waals surface area contributed by atoms with Crippen LogP contribution in [0.15, 0.2) is 51.8 Å². The molecule has 0 radical (unpaired) electrons. The van der Waals surface area contributed by atoms with Crippen molar-refractivity contribution in [2.45, 2.75) is 6.61 Å². The highest BCUT2D eigenvalue weighted by Gasteiger charge is 2.10. The molecule has 2 heterocycles. The van der Waals surface area contributed by atoms with Crippen LogP contribution in [-0.4, -0.2) is 16.4 Å². The van der Waals surface area contributed by atoms with Crippen LogP contribution in [0.3, 0.4) is 0 Å². The highest BCUT2D eigenvalue weighted by Crippen LogP contribution is 2.17. The quantitative estimate of drug-likeness (QED) is 0.663. The number of rotatable bonds is 5. The van der Waals surface area contributed by atoms with Gasteiger partial charge in [0, 0.05) is 5.56 Å². The van der Waals surface area contributed by atoms with Crippen molar-refractivity contribution in [2.24, 2.45) is 0 Å². The Bertz CT molecular complexity index is 704. The predicted molar refractivity (Wildman–Crippen MR) is 68.2 cm³/mol. The third-order valence-corrected chi connectivity index (χ3v) is 2.60. The number of furan rings is 1. The lowest BCUT2D eigenvalue weighted by molar-refractivity contribution is 0.112. The number of hydrogen-bond donors (Lipinski definition) is 0. The van der Waals surface area contributed by atoms with Gasteiger partial charge in [-0.3, -0.25) is 4.79 Å². The van der Waals surface area contributed by atoms with Crippen molar-refractivity contribution in [1.82, 2.24) is 10.1 Å². The van der Waals surface area contributed by atoms with Crippen molar-refractivity contribution >= 4 is 6.29 Å². The summed E-state index contributed by atoms with van der Waals surface area (Å²) in [6, 6.07) is 8.57. The van der Waals surface area contributed by atoms with Crippen LogP contribution in [0.1, 0.15) is 16.2 Å². The topological polar surface area (TPSA) is 78.4 Å². The minimum Gasteiger partial charge on any atom is -0.484 e. The average molecular weight is 270 g/mol. The lowest BCUT2D eigenvalue weighted by Crippen LogP contribution is -1.96. The highest BCUT2D eigenvalue weighted by molar-refractivity contribution is 5.75. The van der Waals surface area contributed by atoms with E-state index >= 15 is 0 Å². The van der Waals surface area contributed by atoms with Crippen LogP contribution in [0.25, 0.3) is 11.4 Å². The number of aldehydes is 1. The first-order valence-corrected chi connectivity index (χ1v) is 5.88. The highest BCUT2D eigenvalue weighted by atomic mass is 16.5. The molecule has 0 unspecified atom stereocenters. The smallest absolute Gasteiger partial charge is 0.264 e. The summed E-state index contributed by atoms with van der Waals surface area (Å²) >= 11 is 0. The Labute approximate surface area is 114 Å². The zero-order chi connectivity index (χ0) is 13.8. The Hall–Kier alpha value is -2.89. The number of carbonyl (C=O) groups is 1. The molecule has 0 fully saturated rings. The second kappa shape index (κ2) is 5.40. The monoisotopic (exact) mass is 270 g/mol. The van der Waals surface area contributed by atoms with Crippen molar-refractivity contribution in [3.8, 4) is 17.1 Å². The largest absolute Gasteiger partial charge is 0.484 e. The second-order valence-corrected chi connectivity index (χ2v) is 4.00. The van der Waals surface area contributed by atoms with Crippen molar-refractivity contribution in [2.75, 3.05) is 0 Å². The van der Waals surface area contributed by atoms with Crippen molar-refractivity contribution < 1.29 is 18.5 Å². The first-order chi connectivity index (χ1) is 9.85. The molecule has 6 heteroatoms. The Morgan fingerprint density at radius 1 is 1.30 bits per heavy atom. The summed E-state index contributed by atoms with van der Waals surface area (Å²) in [5, 5.41) is 3.82. The molecule has 0 bridgehead atoms. The Morgan fingerprint density at radius 3 is 3.05 bits per heavy atom. The molecule has 0 aliphatic heterocycles. The molecule has 6 nitrogen and oxygen atoms in total. The normalized spacial score (nSPS) is 10.4. The van der Waals surface area contributed by atoms with Crippen LogP contribution in [0.4, 0.5) is 0 Å². The Morgan fingerprint density at radius 2 is 2.25 bits per heavy atom. The third kappa shape index (κ3) is 2.59. The fourth-order valence-electron chi connectivity index (χ4n) is 1.65. The molecular weight excluding hydrogens is 260 g/mol. The van der Waals surface area contributed by atoms with Crippen molar-refractivity contribution in [3.05, 3.63) is 54.3 Å². The van der Waals surface area contributed by atoms with Crippen LogP contribution in [0.2, 0.25) is 0 Å². The van der Waals surface area contributed by atoms with Gasteiger partial charge in [-0.2, -0.15) is 4.98 Å². The number of ether oxygens (including phenoxy) is 1. The molecule has 20 heavy (non-hydrogen) atoms. The summed E-state index contributed by atoms with van der Waals surface area (Å²) in [5.41, 5.74) is 1.29. The van der Waals surface area contributed by atoms with Crippen molar-refractivity contribution in [1.29, 1.82) is 0 Å². The van der Waals surface area contributed by atoms with E-state index in [2.05, 4.69) is 10.1 Å². The third-order valence-electron chi connectivity index (χ3n) is 2.60. The summed E-state index contributed by atoms with van der Waals surface area (Å²) in [5.74, 6) is 1.36. The van der Waals surface area contributed by atoms with Crippen LogP contribution >= 0.6 is 0 Å². The zero-order valence-electron chi connectivity index (χ0n) is 10.4. The van der Waals surface area contributed by atoms with Crippen LogP contribution in [-0.2, 0) is 6.61 Å². The molecule has 0 saturated heterocycles. The van der Waals surface area contributed by atoms with Gasteiger partial charge in [0.15, 0.2) is 6.61 Å². The van der Waals surface area contributed by atoms with Crippen LogP contribution < -0.4 is 4.74 Å².